The Bertz CT molecular complexity index is 1270. The van der Waals surface area contributed by atoms with E-state index in [-0.39, 0.29) is 18.1 Å². The standard InChI is InChI=1S/C24H27N3O.CH2O2/c1-5-9-17(3)27-24(28)20-12-7-6-11-19(20)21(25-27)14-18-15-26(4)22-13-8-10-16(2)23(18)22;2-1-3/h6-8,10-13,15,17H,5,9,14H2,1-4H3;1H,(H,2,3). The highest BCUT2D eigenvalue weighted by Crippen LogP contribution is 2.27. The third-order valence-electron chi connectivity index (χ3n) is 5.69. The van der Waals surface area contributed by atoms with Crippen molar-refractivity contribution in [3.05, 3.63) is 75.8 Å². The summed E-state index contributed by atoms with van der Waals surface area (Å²) in [5.74, 6) is 0. The van der Waals surface area contributed by atoms with E-state index in [2.05, 4.69) is 56.8 Å². The van der Waals surface area contributed by atoms with Gasteiger partial charge in [0.15, 0.2) is 0 Å². The van der Waals surface area contributed by atoms with Gasteiger partial charge in [-0.05, 0) is 43.5 Å². The quantitative estimate of drug-likeness (QED) is 0.469. The van der Waals surface area contributed by atoms with Crippen LogP contribution in [0.1, 0.15) is 49.6 Å². The van der Waals surface area contributed by atoms with E-state index in [9.17, 15) is 4.79 Å². The third-order valence-corrected chi connectivity index (χ3v) is 5.69. The molecule has 0 bridgehead atoms. The molecule has 1 N–H and O–H groups in total. The van der Waals surface area contributed by atoms with E-state index in [1.165, 1.54) is 22.0 Å². The van der Waals surface area contributed by atoms with Gasteiger partial charge in [0.1, 0.15) is 0 Å². The summed E-state index contributed by atoms with van der Waals surface area (Å²) >= 11 is 0. The zero-order valence-corrected chi connectivity index (χ0v) is 18.5. The van der Waals surface area contributed by atoms with Crippen molar-refractivity contribution in [2.24, 2.45) is 7.05 Å². The Morgan fingerprint density at radius 2 is 1.81 bits per heavy atom. The molecule has 0 saturated heterocycles. The zero-order chi connectivity index (χ0) is 22.5. The van der Waals surface area contributed by atoms with E-state index in [4.69, 9.17) is 15.0 Å². The van der Waals surface area contributed by atoms with E-state index in [0.29, 0.717) is 6.42 Å². The fourth-order valence-electron chi connectivity index (χ4n) is 4.29. The van der Waals surface area contributed by atoms with Crippen LogP contribution in [0.15, 0.2) is 53.5 Å². The van der Waals surface area contributed by atoms with Crippen LogP contribution in [0.4, 0.5) is 0 Å². The maximum absolute atomic E-state index is 13.0. The fourth-order valence-corrected chi connectivity index (χ4v) is 4.29. The molecule has 0 aliphatic heterocycles. The summed E-state index contributed by atoms with van der Waals surface area (Å²) in [6.07, 6.45) is 4.87. The first-order valence-electron chi connectivity index (χ1n) is 10.5. The highest BCUT2D eigenvalue weighted by atomic mass is 16.3. The van der Waals surface area contributed by atoms with Crippen LogP contribution in [0.5, 0.6) is 0 Å². The Hall–Kier alpha value is -3.41. The Labute approximate surface area is 181 Å². The maximum atomic E-state index is 13.0. The van der Waals surface area contributed by atoms with Gasteiger partial charge in [-0.1, -0.05) is 43.7 Å². The maximum Gasteiger partial charge on any atom is 0.290 e. The molecule has 4 rings (SSSR count). The van der Waals surface area contributed by atoms with Gasteiger partial charge in [0, 0.05) is 36.0 Å². The summed E-state index contributed by atoms with van der Waals surface area (Å²) in [4.78, 5) is 21.4. The normalized spacial score (nSPS) is 11.9. The number of rotatable bonds is 5. The molecule has 2 aromatic heterocycles. The third kappa shape index (κ3) is 4.38. The molecule has 6 nitrogen and oxygen atoms in total. The number of nitrogens with zero attached hydrogens (tertiary/aromatic N) is 3. The first kappa shape index (κ1) is 22.3. The lowest BCUT2D eigenvalue weighted by Gasteiger charge is -2.16. The summed E-state index contributed by atoms with van der Waals surface area (Å²) < 4.78 is 3.87. The summed E-state index contributed by atoms with van der Waals surface area (Å²) in [7, 11) is 2.08. The van der Waals surface area contributed by atoms with Crippen LogP contribution in [-0.4, -0.2) is 25.9 Å². The molecule has 31 heavy (non-hydrogen) atoms. The largest absolute Gasteiger partial charge is 0.483 e. The zero-order valence-electron chi connectivity index (χ0n) is 18.5. The van der Waals surface area contributed by atoms with Crippen molar-refractivity contribution in [2.75, 3.05) is 0 Å². The summed E-state index contributed by atoms with van der Waals surface area (Å²) in [6, 6.07) is 14.4. The molecule has 1 atom stereocenters. The second kappa shape index (κ2) is 9.60. The molecule has 0 saturated carbocycles. The second-order valence-corrected chi connectivity index (χ2v) is 7.90. The molecule has 0 radical (unpaired) electrons. The lowest BCUT2D eigenvalue weighted by molar-refractivity contribution is -0.122. The van der Waals surface area contributed by atoms with Gasteiger partial charge >= 0.3 is 0 Å². The van der Waals surface area contributed by atoms with E-state index in [0.717, 1.165) is 29.3 Å². The van der Waals surface area contributed by atoms with Crippen molar-refractivity contribution in [3.63, 3.8) is 0 Å². The number of carbonyl (C=O) groups is 1. The van der Waals surface area contributed by atoms with Gasteiger partial charge < -0.3 is 9.67 Å². The highest BCUT2D eigenvalue weighted by molar-refractivity contribution is 5.89. The second-order valence-electron chi connectivity index (χ2n) is 7.90. The van der Waals surface area contributed by atoms with Gasteiger partial charge in [-0.15, -0.1) is 0 Å². The van der Waals surface area contributed by atoms with Crippen molar-refractivity contribution < 1.29 is 9.90 Å². The lowest BCUT2D eigenvalue weighted by atomic mass is 10.0. The van der Waals surface area contributed by atoms with E-state index in [1.807, 2.05) is 24.3 Å². The molecule has 162 valence electrons. The first-order chi connectivity index (χ1) is 14.9. The van der Waals surface area contributed by atoms with Gasteiger partial charge in [0.25, 0.3) is 12.0 Å². The van der Waals surface area contributed by atoms with Gasteiger partial charge in [-0.25, -0.2) is 4.68 Å². The molecule has 0 aliphatic rings. The predicted octanol–water partition coefficient (Wildman–Crippen LogP) is 4.85. The minimum absolute atomic E-state index is 0.00870. The number of benzene rings is 2. The van der Waals surface area contributed by atoms with Crippen LogP contribution in [-0.2, 0) is 18.3 Å². The highest BCUT2D eigenvalue weighted by Gasteiger charge is 2.17. The van der Waals surface area contributed by atoms with Gasteiger partial charge in [-0.3, -0.25) is 9.59 Å². The van der Waals surface area contributed by atoms with Gasteiger partial charge in [-0.2, -0.15) is 5.10 Å². The van der Waals surface area contributed by atoms with Crippen molar-refractivity contribution in [1.29, 1.82) is 0 Å². The molecule has 2 aromatic carbocycles. The molecule has 0 aliphatic carbocycles. The molecule has 0 amide bonds. The van der Waals surface area contributed by atoms with Gasteiger partial charge in [0.2, 0.25) is 0 Å². The monoisotopic (exact) mass is 419 g/mol. The van der Waals surface area contributed by atoms with Crippen molar-refractivity contribution in [3.8, 4) is 0 Å². The van der Waals surface area contributed by atoms with Gasteiger partial charge in [0.05, 0.1) is 17.1 Å². The van der Waals surface area contributed by atoms with Crippen molar-refractivity contribution in [2.45, 2.75) is 46.1 Å². The van der Waals surface area contributed by atoms with Crippen LogP contribution in [0.3, 0.4) is 0 Å². The van der Waals surface area contributed by atoms with E-state index >= 15 is 0 Å². The minimum Gasteiger partial charge on any atom is -0.483 e. The first-order valence-corrected chi connectivity index (χ1v) is 10.5. The van der Waals surface area contributed by atoms with Crippen LogP contribution in [0, 0.1) is 6.92 Å². The molecule has 1 unspecified atom stereocenters. The average Bonchev–Trinajstić information content (AvgIpc) is 3.07. The number of hydrogen-bond acceptors (Lipinski definition) is 3. The molecule has 6 heteroatoms. The molecule has 0 fully saturated rings. The summed E-state index contributed by atoms with van der Waals surface area (Å²) in [5, 5.41) is 14.7. The number of fused-ring (bicyclic) bond motifs is 2. The van der Waals surface area contributed by atoms with Crippen molar-refractivity contribution in [1.82, 2.24) is 14.3 Å². The van der Waals surface area contributed by atoms with Crippen LogP contribution >= 0.6 is 0 Å². The Morgan fingerprint density at radius 1 is 1.13 bits per heavy atom. The van der Waals surface area contributed by atoms with Crippen LogP contribution in [0.2, 0.25) is 0 Å². The Morgan fingerprint density at radius 3 is 2.48 bits per heavy atom. The molecular weight excluding hydrogens is 390 g/mol. The van der Waals surface area contributed by atoms with Crippen LogP contribution < -0.4 is 5.56 Å². The Kier molecular flexibility index (Phi) is 6.90. The average molecular weight is 420 g/mol. The number of aryl methyl sites for hydroxylation is 2. The number of hydrogen-bond donors (Lipinski definition) is 1. The molecular formula is C25H29N3O3. The van der Waals surface area contributed by atoms with E-state index in [1.54, 1.807) is 4.68 Å². The number of carboxylic acid groups (broad SMARTS) is 1. The SMILES string of the molecule is CCCC(C)n1nc(Cc2cn(C)c3cccc(C)c23)c2ccccc2c1=O.O=CO. The molecule has 4 aromatic rings. The number of aromatic nitrogens is 3. The smallest absolute Gasteiger partial charge is 0.290 e. The van der Waals surface area contributed by atoms with Crippen molar-refractivity contribution >= 4 is 28.1 Å². The van der Waals surface area contributed by atoms with E-state index < -0.39 is 0 Å². The minimum atomic E-state index is -0.250. The summed E-state index contributed by atoms with van der Waals surface area (Å²) in [6.45, 7) is 6.13. The Balaban J connectivity index is 0.000000858. The predicted molar refractivity (Wildman–Crippen MR) is 125 cm³/mol. The topological polar surface area (TPSA) is 77.1 Å². The lowest BCUT2D eigenvalue weighted by Crippen LogP contribution is -2.27. The summed E-state index contributed by atoms with van der Waals surface area (Å²) in [5.41, 5.74) is 4.72. The molecule has 2 heterocycles. The fraction of sp³-hybridized carbons (Fsp3) is 0.320. The molecule has 0 spiro atoms. The van der Waals surface area contributed by atoms with Crippen LogP contribution in [0.25, 0.3) is 21.7 Å².